The van der Waals surface area contributed by atoms with Crippen LogP contribution in [0.25, 0.3) is 0 Å². The normalized spacial score (nSPS) is 13.5. The molecule has 0 aliphatic carbocycles. The van der Waals surface area contributed by atoms with Gasteiger partial charge in [-0.2, -0.15) is 16.1 Å². The summed E-state index contributed by atoms with van der Waals surface area (Å²) in [4.78, 5) is 15.3. The predicted molar refractivity (Wildman–Crippen MR) is 76.2 cm³/mol. The van der Waals surface area contributed by atoms with Gasteiger partial charge in [-0.05, 0) is 13.2 Å². The third kappa shape index (κ3) is 3.47. The predicted octanol–water partition coefficient (Wildman–Crippen LogP) is 1.30. The van der Waals surface area contributed by atoms with Gasteiger partial charge in [-0.15, -0.1) is 11.3 Å². The Labute approximate surface area is 121 Å². The van der Waals surface area contributed by atoms with Crippen molar-refractivity contribution in [3.63, 3.8) is 0 Å². The van der Waals surface area contributed by atoms with Gasteiger partial charge in [0.2, 0.25) is 0 Å². The zero-order valence-corrected chi connectivity index (χ0v) is 13.6. The maximum Gasteiger partial charge on any atom is 0.358 e. The van der Waals surface area contributed by atoms with Crippen LogP contribution in [0.3, 0.4) is 0 Å². The van der Waals surface area contributed by atoms with Crippen LogP contribution in [0.15, 0.2) is 9.72 Å². The molecule has 19 heavy (non-hydrogen) atoms. The first-order valence-corrected chi connectivity index (χ1v) is 9.06. The standard InChI is InChI=1S/C10H16N2O4S3/c1-7(5-17-4)12(2)19(14,15)10-8(9(13)16-3)11-6-18-10/h6-7H,5H2,1-4H3. The highest BCUT2D eigenvalue weighted by atomic mass is 32.2. The molecule has 0 bridgehead atoms. The van der Waals surface area contributed by atoms with Gasteiger partial charge in [0.15, 0.2) is 9.90 Å². The van der Waals surface area contributed by atoms with Crippen LogP contribution in [-0.2, 0) is 14.8 Å². The van der Waals surface area contributed by atoms with E-state index in [1.54, 1.807) is 11.8 Å². The first kappa shape index (κ1) is 16.4. The van der Waals surface area contributed by atoms with Crippen LogP contribution in [0.4, 0.5) is 0 Å². The van der Waals surface area contributed by atoms with Crippen molar-refractivity contribution in [1.82, 2.24) is 9.29 Å². The van der Waals surface area contributed by atoms with Crippen LogP contribution in [0.5, 0.6) is 0 Å². The molecule has 0 radical (unpaired) electrons. The first-order valence-electron chi connectivity index (χ1n) is 5.35. The smallest absolute Gasteiger partial charge is 0.358 e. The van der Waals surface area contributed by atoms with Crippen molar-refractivity contribution in [3.05, 3.63) is 11.2 Å². The Morgan fingerprint density at radius 3 is 2.79 bits per heavy atom. The van der Waals surface area contributed by atoms with Gasteiger partial charge in [0.05, 0.1) is 12.6 Å². The van der Waals surface area contributed by atoms with Gasteiger partial charge in [0.1, 0.15) is 0 Å². The van der Waals surface area contributed by atoms with Crippen molar-refractivity contribution in [1.29, 1.82) is 0 Å². The summed E-state index contributed by atoms with van der Waals surface area (Å²) in [7, 11) is -1.04. The Kier molecular flexibility index (Phi) is 5.78. The van der Waals surface area contributed by atoms with Crippen LogP contribution < -0.4 is 0 Å². The number of ether oxygens (including phenoxy) is 1. The summed E-state index contributed by atoms with van der Waals surface area (Å²) in [5.74, 6) is -0.0759. The third-order valence-electron chi connectivity index (χ3n) is 2.56. The van der Waals surface area contributed by atoms with Crippen molar-refractivity contribution in [3.8, 4) is 0 Å². The quantitative estimate of drug-likeness (QED) is 0.734. The maximum absolute atomic E-state index is 12.4. The molecule has 0 saturated carbocycles. The van der Waals surface area contributed by atoms with Gasteiger partial charge in [-0.25, -0.2) is 18.2 Å². The molecule has 6 nitrogen and oxygen atoms in total. The molecule has 9 heteroatoms. The number of carbonyl (C=O) groups excluding carboxylic acids is 1. The minimum absolute atomic E-state index is 0.0743. The van der Waals surface area contributed by atoms with E-state index in [2.05, 4.69) is 9.72 Å². The molecule has 0 aliphatic heterocycles. The maximum atomic E-state index is 12.4. The van der Waals surface area contributed by atoms with E-state index in [-0.39, 0.29) is 15.9 Å². The number of aromatic nitrogens is 1. The third-order valence-corrected chi connectivity index (χ3v) is 6.69. The van der Waals surface area contributed by atoms with Gasteiger partial charge in [0.25, 0.3) is 10.0 Å². The fourth-order valence-corrected chi connectivity index (χ4v) is 4.83. The van der Waals surface area contributed by atoms with Crippen LogP contribution in [-0.4, -0.2) is 55.9 Å². The topological polar surface area (TPSA) is 76.6 Å². The molecule has 0 spiro atoms. The molecule has 0 aliphatic rings. The van der Waals surface area contributed by atoms with Gasteiger partial charge in [-0.3, -0.25) is 0 Å². The highest BCUT2D eigenvalue weighted by molar-refractivity contribution is 7.98. The van der Waals surface area contributed by atoms with Crippen molar-refractivity contribution in [2.24, 2.45) is 0 Å². The molecule has 1 heterocycles. The van der Waals surface area contributed by atoms with Crippen molar-refractivity contribution in [2.45, 2.75) is 17.2 Å². The minimum atomic E-state index is -3.73. The summed E-state index contributed by atoms with van der Waals surface area (Å²) in [5, 5.41) is 0. The highest BCUT2D eigenvalue weighted by Gasteiger charge is 2.32. The Bertz CT molecular complexity index is 541. The first-order chi connectivity index (χ1) is 8.86. The SMILES string of the molecule is COC(=O)c1ncsc1S(=O)(=O)N(C)C(C)CSC. The second-order valence-electron chi connectivity index (χ2n) is 3.81. The molecule has 1 aromatic heterocycles. The van der Waals surface area contributed by atoms with E-state index < -0.39 is 16.0 Å². The molecule has 1 rings (SSSR count). The number of methoxy groups -OCH3 is 1. The Morgan fingerprint density at radius 1 is 1.63 bits per heavy atom. The number of thiazole rings is 1. The molecule has 0 N–H and O–H groups in total. The zero-order valence-electron chi connectivity index (χ0n) is 11.1. The number of hydrogen-bond acceptors (Lipinski definition) is 7. The second-order valence-corrected chi connectivity index (χ2v) is 7.76. The van der Waals surface area contributed by atoms with E-state index in [1.165, 1.54) is 24.0 Å². The Hall–Kier alpha value is -0.640. The lowest BCUT2D eigenvalue weighted by molar-refractivity contribution is 0.0590. The molecule has 0 amide bonds. The fraction of sp³-hybridized carbons (Fsp3) is 0.600. The summed E-state index contributed by atoms with van der Waals surface area (Å²) in [6, 6.07) is -0.174. The van der Waals surface area contributed by atoms with Gasteiger partial charge in [0, 0.05) is 18.8 Å². The number of hydrogen-bond donors (Lipinski definition) is 0. The second kappa shape index (κ2) is 6.69. The molecule has 1 unspecified atom stereocenters. The van der Waals surface area contributed by atoms with Crippen LogP contribution >= 0.6 is 23.1 Å². The molecule has 0 saturated heterocycles. The van der Waals surface area contributed by atoms with Crippen molar-refractivity contribution in [2.75, 3.05) is 26.2 Å². The Balaban J connectivity index is 3.14. The van der Waals surface area contributed by atoms with Crippen LogP contribution in [0, 0.1) is 0 Å². The molecule has 1 aromatic rings. The van der Waals surface area contributed by atoms with Crippen molar-refractivity contribution >= 4 is 39.1 Å². The highest BCUT2D eigenvalue weighted by Crippen LogP contribution is 2.25. The molecule has 0 fully saturated rings. The molecule has 108 valence electrons. The summed E-state index contributed by atoms with van der Waals surface area (Å²) < 4.78 is 30.6. The van der Waals surface area contributed by atoms with E-state index in [0.717, 1.165) is 11.3 Å². The minimum Gasteiger partial charge on any atom is -0.464 e. The van der Waals surface area contributed by atoms with E-state index >= 15 is 0 Å². The average molecular weight is 324 g/mol. The lowest BCUT2D eigenvalue weighted by Gasteiger charge is -2.23. The van der Waals surface area contributed by atoms with Gasteiger partial charge >= 0.3 is 5.97 Å². The number of rotatable bonds is 6. The molecule has 0 aromatic carbocycles. The average Bonchev–Trinajstić information content (AvgIpc) is 2.87. The Morgan fingerprint density at radius 2 is 2.26 bits per heavy atom. The molecule has 1 atom stereocenters. The number of thioether (sulfide) groups is 1. The number of nitrogens with zero attached hydrogens (tertiary/aromatic N) is 2. The fourth-order valence-electron chi connectivity index (χ4n) is 1.36. The lowest BCUT2D eigenvalue weighted by atomic mass is 10.4. The number of carbonyl (C=O) groups is 1. The summed E-state index contributed by atoms with van der Waals surface area (Å²) in [6.07, 6.45) is 1.91. The van der Waals surface area contributed by atoms with Crippen LogP contribution in [0.2, 0.25) is 0 Å². The van der Waals surface area contributed by atoms with E-state index in [9.17, 15) is 13.2 Å². The van der Waals surface area contributed by atoms with E-state index in [1.807, 2.05) is 13.2 Å². The summed E-state index contributed by atoms with van der Waals surface area (Å²) in [5.41, 5.74) is 1.17. The monoisotopic (exact) mass is 324 g/mol. The largest absolute Gasteiger partial charge is 0.464 e. The lowest BCUT2D eigenvalue weighted by Crippen LogP contribution is -2.36. The van der Waals surface area contributed by atoms with Crippen molar-refractivity contribution < 1.29 is 17.9 Å². The van der Waals surface area contributed by atoms with Gasteiger partial charge in [-0.1, -0.05) is 0 Å². The van der Waals surface area contributed by atoms with E-state index in [0.29, 0.717) is 5.75 Å². The summed E-state index contributed by atoms with van der Waals surface area (Å²) >= 11 is 2.47. The van der Waals surface area contributed by atoms with E-state index in [4.69, 9.17) is 0 Å². The van der Waals surface area contributed by atoms with Gasteiger partial charge < -0.3 is 4.74 Å². The summed E-state index contributed by atoms with van der Waals surface area (Å²) in [6.45, 7) is 1.81. The number of esters is 1. The van der Waals surface area contributed by atoms with Crippen LogP contribution in [0.1, 0.15) is 17.4 Å². The number of sulfonamides is 1. The molecular formula is C10H16N2O4S3. The molecular weight excluding hydrogens is 308 g/mol. The zero-order chi connectivity index (χ0) is 14.6.